The quantitative estimate of drug-likeness (QED) is 0.660. The van der Waals surface area contributed by atoms with E-state index in [2.05, 4.69) is 4.57 Å². The van der Waals surface area contributed by atoms with Gasteiger partial charge in [-0.25, -0.2) is 0 Å². The molecule has 5 nitrogen and oxygen atoms in total. The molecule has 2 aliphatic rings. The van der Waals surface area contributed by atoms with Gasteiger partial charge in [-0.2, -0.15) is 0 Å². The number of rotatable bonds is 4. The second-order valence-electron chi connectivity index (χ2n) is 6.40. The van der Waals surface area contributed by atoms with Crippen molar-refractivity contribution in [2.24, 2.45) is 0 Å². The predicted molar refractivity (Wildman–Crippen MR) is 95.0 cm³/mol. The summed E-state index contributed by atoms with van der Waals surface area (Å²) in [6, 6.07) is 19.9. The van der Waals surface area contributed by atoms with Gasteiger partial charge in [-0.05, 0) is 0 Å². The van der Waals surface area contributed by atoms with Gasteiger partial charge in [-0.3, -0.25) is 0 Å². The molecule has 25 heavy (non-hydrogen) atoms. The Hall–Kier alpha value is -2.86. The van der Waals surface area contributed by atoms with Gasteiger partial charge in [0.2, 0.25) is 0 Å². The first-order chi connectivity index (χ1) is 12.2. The summed E-state index contributed by atoms with van der Waals surface area (Å²) in [7, 11) is -4.07. The molecular formula is C19H18NO4Si-. The Balaban J connectivity index is 1.48. The van der Waals surface area contributed by atoms with Crippen LogP contribution in [0.5, 0.6) is 23.0 Å². The molecule has 2 aromatic carbocycles. The van der Waals surface area contributed by atoms with Gasteiger partial charge in [0.25, 0.3) is 0 Å². The third kappa shape index (κ3) is 2.29. The van der Waals surface area contributed by atoms with E-state index < -0.39 is 8.33 Å². The van der Waals surface area contributed by atoms with E-state index in [4.69, 9.17) is 17.7 Å². The van der Waals surface area contributed by atoms with Crippen molar-refractivity contribution in [2.45, 2.75) is 19.0 Å². The van der Waals surface area contributed by atoms with Crippen LogP contribution in [0.1, 0.15) is 6.42 Å². The van der Waals surface area contributed by atoms with E-state index in [1.807, 2.05) is 73.1 Å². The van der Waals surface area contributed by atoms with Crippen molar-refractivity contribution in [3.63, 3.8) is 0 Å². The summed E-state index contributed by atoms with van der Waals surface area (Å²) < 4.78 is 27.4. The zero-order valence-corrected chi connectivity index (χ0v) is 14.6. The van der Waals surface area contributed by atoms with Gasteiger partial charge in [-0.15, -0.1) is 0 Å². The second-order valence-corrected chi connectivity index (χ2v) is 9.87. The fourth-order valence-electron chi connectivity index (χ4n) is 3.49. The fourth-order valence-corrected chi connectivity index (χ4v) is 7.25. The molecule has 0 saturated carbocycles. The Morgan fingerprint density at radius 2 is 1.08 bits per heavy atom. The zero-order valence-electron chi connectivity index (χ0n) is 13.6. The van der Waals surface area contributed by atoms with Crippen LogP contribution < -0.4 is 17.7 Å². The molecule has 1 aromatic heterocycles. The second kappa shape index (κ2) is 5.06. The standard InChI is InChI=1S/C19H18NO4Si/c1-2-9-17-16(8-1)21-25(22-17,15-7-14-20-12-5-6-13-20)23-18-10-3-4-11-19(18)24-25/h1-6,8-13H,7,14-15H2/q-1. The van der Waals surface area contributed by atoms with Crippen LogP contribution in [-0.2, 0) is 6.54 Å². The molecule has 3 aromatic rings. The summed E-state index contributed by atoms with van der Waals surface area (Å²) in [6.45, 7) is 0.850. The van der Waals surface area contributed by atoms with Gasteiger partial charge in [0.05, 0.1) is 0 Å². The number of aryl methyl sites for hydroxylation is 1. The Morgan fingerprint density at radius 3 is 1.52 bits per heavy atom. The first kappa shape index (κ1) is 14.5. The molecule has 5 rings (SSSR count). The molecule has 0 bridgehead atoms. The molecule has 0 N–H and O–H groups in total. The predicted octanol–water partition coefficient (Wildman–Crippen LogP) is 4.21. The van der Waals surface area contributed by atoms with Crippen LogP contribution in [0.4, 0.5) is 0 Å². The molecular weight excluding hydrogens is 334 g/mol. The molecule has 0 aliphatic carbocycles. The number of aromatic nitrogens is 1. The van der Waals surface area contributed by atoms with Crippen molar-refractivity contribution in [1.82, 2.24) is 4.57 Å². The molecule has 128 valence electrons. The molecule has 0 radical (unpaired) electrons. The SMILES string of the molecule is c1ccc2c(c1)O[Si-]1(CCCn3cccc3)(O2)Oc2ccccc2O1. The number of benzene rings is 2. The summed E-state index contributed by atoms with van der Waals surface area (Å²) in [5, 5.41) is 0. The topological polar surface area (TPSA) is 41.9 Å². The van der Waals surface area contributed by atoms with Crippen molar-refractivity contribution < 1.29 is 17.7 Å². The first-order valence-corrected chi connectivity index (χ1v) is 10.8. The van der Waals surface area contributed by atoms with Gasteiger partial charge in [0.15, 0.2) is 0 Å². The number of hydrogen-bond acceptors (Lipinski definition) is 4. The summed E-state index contributed by atoms with van der Waals surface area (Å²) in [4.78, 5) is 0. The van der Waals surface area contributed by atoms with E-state index in [1.54, 1.807) is 0 Å². The van der Waals surface area contributed by atoms with Crippen LogP contribution in [0.2, 0.25) is 6.04 Å². The molecule has 0 saturated heterocycles. The van der Waals surface area contributed by atoms with Crippen molar-refractivity contribution in [2.75, 3.05) is 0 Å². The summed E-state index contributed by atoms with van der Waals surface area (Å²) in [6.07, 6.45) is 4.91. The molecule has 1 spiro atoms. The third-order valence-corrected chi connectivity index (χ3v) is 8.22. The van der Waals surface area contributed by atoms with E-state index >= 15 is 0 Å². The van der Waals surface area contributed by atoms with Crippen LogP contribution in [0.15, 0.2) is 73.1 Å². The van der Waals surface area contributed by atoms with Crippen LogP contribution in [-0.4, -0.2) is 12.9 Å². The monoisotopic (exact) mass is 352 g/mol. The molecule has 0 fully saturated rings. The summed E-state index contributed by atoms with van der Waals surface area (Å²) in [5.41, 5.74) is 0. The van der Waals surface area contributed by atoms with Crippen molar-refractivity contribution >= 4 is 8.33 Å². The van der Waals surface area contributed by atoms with E-state index in [0.717, 1.165) is 13.0 Å². The van der Waals surface area contributed by atoms with Gasteiger partial charge in [0.1, 0.15) is 0 Å². The number of hydrogen-bond donors (Lipinski definition) is 0. The maximum absolute atomic E-state index is 6.32. The van der Waals surface area contributed by atoms with Crippen LogP contribution in [0, 0.1) is 0 Å². The van der Waals surface area contributed by atoms with E-state index in [0.29, 0.717) is 29.0 Å². The van der Waals surface area contributed by atoms with Crippen molar-refractivity contribution in [3.05, 3.63) is 73.1 Å². The average Bonchev–Trinajstić information content (AvgIpc) is 3.30. The van der Waals surface area contributed by atoms with E-state index in [1.165, 1.54) is 0 Å². The Bertz CT molecular complexity index is 812. The molecule has 2 aliphatic heterocycles. The number of fused-ring (bicyclic) bond motifs is 2. The summed E-state index contributed by atoms with van der Waals surface area (Å²) >= 11 is 0. The molecule has 0 unspecified atom stereocenters. The number of nitrogens with zero attached hydrogens (tertiary/aromatic N) is 1. The minimum atomic E-state index is -4.07. The summed E-state index contributed by atoms with van der Waals surface area (Å²) in [5.74, 6) is 2.74. The Morgan fingerprint density at radius 1 is 0.640 bits per heavy atom. The van der Waals surface area contributed by atoms with Crippen LogP contribution in [0.25, 0.3) is 0 Å². The van der Waals surface area contributed by atoms with Gasteiger partial charge in [0, 0.05) is 0 Å². The van der Waals surface area contributed by atoms with Crippen LogP contribution >= 0.6 is 0 Å². The first-order valence-electron chi connectivity index (χ1n) is 8.47. The van der Waals surface area contributed by atoms with Gasteiger partial charge in [-0.1, -0.05) is 0 Å². The van der Waals surface area contributed by atoms with Gasteiger partial charge >= 0.3 is 146 Å². The molecule has 0 amide bonds. The molecule has 0 atom stereocenters. The van der Waals surface area contributed by atoms with E-state index in [9.17, 15) is 0 Å². The zero-order chi connectivity index (χ0) is 16.8. The Labute approximate surface area is 146 Å². The Kier molecular flexibility index (Phi) is 2.93. The van der Waals surface area contributed by atoms with Crippen molar-refractivity contribution in [3.8, 4) is 23.0 Å². The molecule has 3 heterocycles. The van der Waals surface area contributed by atoms with Crippen molar-refractivity contribution in [1.29, 1.82) is 0 Å². The average molecular weight is 352 g/mol. The van der Waals surface area contributed by atoms with Crippen LogP contribution in [0.3, 0.4) is 0 Å². The third-order valence-electron chi connectivity index (χ3n) is 4.59. The number of para-hydroxylation sites is 4. The fraction of sp³-hybridized carbons (Fsp3) is 0.158. The van der Waals surface area contributed by atoms with Gasteiger partial charge < -0.3 is 0 Å². The minimum absolute atomic E-state index is 0.571. The normalized spacial score (nSPS) is 19.4. The van der Waals surface area contributed by atoms with E-state index in [-0.39, 0.29) is 0 Å². The molecule has 6 heteroatoms. The maximum atomic E-state index is 6.32.